The summed E-state index contributed by atoms with van der Waals surface area (Å²) in [4.78, 5) is 27.2. The number of benzene rings is 3. The molecule has 0 aliphatic carbocycles. The SMILES string of the molecule is CCCCc1nc(N2CCCN(C(=O)c3ccc(Cl)cc3)CC2)c2c(-c3ccc4ccccc4c3)noc2n1. The lowest BCUT2D eigenvalue weighted by molar-refractivity contribution is 0.0767. The monoisotopic (exact) mass is 539 g/mol. The van der Waals surface area contributed by atoms with Crippen molar-refractivity contribution < 1.29 is 9.32 Å². The normalized spacial score (nSPS) is 14.2. The minimum Gasteiger partial charge on any atom is -0.354 e. The average molecular weight is 540 g/mol. The predicted molar refractivity (Wildman–Crippen MR) is 155 cm³/mol. The number of hydrogen-bond donors (Lipinski definition) is 0. The molecule has 2 aromatic heterocycles. The fraction of sp³-hybridized carbons (Fsp3) is 0.290. The van der Waals surface area contributed by atoms with Gasteiger partial charge in [0.1, 0.15) is 22.7 Å². The third-order valence-electron chi connectivity index (χ3n) is 7.31. The van der Waals surface area contributed by atoms with Crippen molar-refractivity contribution in [1.29, 1.82) is 0 Å². The van der Waals surface area contributed by atoms with Gasteiger partial charge < -0.3 is 14.3 Å². The molecule has 0 N–H and O–H groups in total. The molecule has 1 aliphatic rings. The van der Waals surface area contributed by atoms with Gasteiger partial charge in [0.25, 0.3) is 11.6 Å². The topological polar surface area (TPSA) is 75.4 Å². The Bertz CT molecular complexity index is 1630. The van der Waals surface area contributed by atoms with Gasteiger partial charge in [-0.2, -0.15) is 4.98 Å². The molecule has 3 heterocycles. The average Bonchev–Trinajstić information content (AvgIpc) is 3.24. The third-order valence-corrected chi connectivity index (χ3v) is 7.57. The van der Waals surface area contributed by atoms with E-state index in [4.69, 9.17) is 26.1 Å². The van der Waals surface area contributed by atoms with Gasteiger partial charge in [-0.3, -0.25) is 4.79 Å². The first-order valence-electron chi connectivity index (χ1n) is 13.6. The largest absolute Gasteiger partial charge is 0.354 e. The van der Waals surface area contributed by atoms with Crippen LogP contribution in [-0.2, 0) is 6.42 Å². The number of nitrogens with zero attached hydrogens (tertiary/aromatic N) is 5. The van der Waals surface area contributed by atoms with Crippen LogP contribution in [0.15, 0.2) is 71.3 Å². The van der Waals surface area contributed by atoms with Crippen LogP contribution in [0.5, 0.6) is 0 Å². The second-order valence-corrected chi connectivity index (χ2v) is 10.4. The van der Waals surface area contributed by atoms with E-state index in [-0.39, 0.29) is 5.91 Å². The number of aromatic nitrogens is 3. The van der Waals surface area contributed by atoms with Crippen LogP contribution in [0, 0.1) is 0 Å². The number of unbranched alkanes of at least 4 members (excludes halogenated alkanes) is 1. The quantitative estimate of drug-likeness (QED) is 0.236. The molecule has 1 amide bonds. The molecular formula is C31H30ClN5O2. The van der Waals surface area contributed by atoms with E-state index < -0.39 is 0 Å². The zero-order valence-electron chi connectivity index (χ0n) is 21.9. The maximum atomic E-state index is 13.2. The molecule has 6 rings (SSSR count). The van der Waals surface area contributed by atoms with Crippen LogP contribution in [0.25, 0.3) is 33.1 Å². The summed E-state index contributed by atoms with van der Waals surface area (Å²) in [6.45, 7) is 4.85. The molecule has 5 aromatic rings. The fourth-order valence-electron chi connectivity index (χ4n) is 5.20. The Labute approximate surface area is 232 Å². The smallest absolute Gasteiger partial charge is 0.263 e. The van der Waals surface area contributed by atoms with Crippen molar-refractivity contribution in [3.63, 3.8) is 0 Å². The van der Waals surface area contributed by atoms with Gasteiger partial charge in [-0.15, -0.1) is 0 Å². The van der Waals surface area contributed by atoms with Crippen LogP contribution in [-0.4, -0.2) is 52.1 Å². The Morgan fingerprint density at radius 3 is 2.59 bits per heavy atom. The van der Waals surface area contributed by atoms with E-state index in [1.165, 1.54) is 5.39 Å². The minimum atomic E-state index is 0.0202. The maximum Gasteiger partial charge on any atom is 0.263 e. The van der Waals surface area contributed by atoms with Crippen molar-refractivity contribution in [2.75, 3.05) is 31.1 Å². The fourth-order valence-corrected chi connectivity index (χ4v) is 5.32. The molecule has 39 heavy (non-hydrogen) atoms. The molecule has 8 heteroatoms. The molecule has 1 aliphatic heterocycles. The summed E-state index contributed by atoms with van der Waals surface area (Å²) in [7, 11) is 0. The van der Waals surface area contributed by atoms with E-state index in [1.54, 1.807) is 24.3 Å². The van der Waals surface area contributed by atoms with Crippen molar-refractivity contribution in [2.45, 2.75) is 32.6 Å². The molecule has 0 bridgehead atoms. The van der Waals surface area contributed by atoms with Crippen molar-refractivity contribution in [3.8, 4) is 11.3 Å². The van der Waals surface area contributed by atoms with Gasteiger partial charge in [0.2, 0.25) is 0 Å². The van der Waals surface area contributed by atoms with Crippen molar-refractivity contribution in [2.24, 2.45) is 0 Å². The van der Waals surface area contributed by atoms with Crippen LogP contribution in [0.1, 0.15) is 42.4 Å². The number of anilines is 1. The summed E-state index contributed by atoms with van der Waals surface area (Å²) in [5.74, 6) is 1.61. The number of hydrogen-bond acceptors (Lipinski definition) is 6. The Hall–Kier alpha value is -3.97. The molecular weight excluding hydrogens is 510 g/mol. The van der Waals surface area contributed by atoms with Gasteiger partial charge in [0, 0.05) is 48.7 Å². The molecule has 198 valence electrons. The maximum absolute atomic E-state index is 13.2. The van der Waals surface area contributed by atoms with Gasteiger partial charge >= 0.3 is 0 Å². The Morgan fingerprint density at radius 2 is 1.77 bits per heavy atom. The number of carbonyl (C=O) groups excluding carboxylic acids is 1. The number of amides is 1. The third kappa shape index (κ3) is 5.19. The highest BCUT2D eigenvalue weighted by Gasteiger charge is 2.26. The number of fused-ring (bicyclic) bond motifs is 2. The molecule has 0 unspecified atom stereocenters. The number of halogens is 1. The van der Waals surface area contributed by atoms with Gasteiger partial charge in [-0.1, -0.05) is 66.5 Å². The first-order valence-corrected chi connectivity index (χ1v) is 13.9. The van der Waals surface area contributed by atoms with Crippen molar-refractivity contribution >= 4 is 45.2 Å². The highest BCUT2D eigenvalue weighted by molar-refractivity contribution is 6.30. The highest BCUT2D eigenvalue weighted by atomic mass is 35.5. The first kappa shape index (κ1) is 25.3. The summed E-state index contributed by atoms with van der Waals surface area (Å²) in [6, 6.07) is 21.7. The number of rotatable bonds is 6. The summed E-state index contributed by atoms with van der Waals surface area (Å²) in [5, 5.41) is 8.24. The molecule has 1 saturated heterocycles. The molecule has 0 radical (unpaired) electrons. The zero-order chi connectivity index (χ0) is 26.8. The standard InChI is InChI=1S/C31H30ClN5O2/c1-2-3-9-26-33-29(36-16-6-17-37(19-18-36)31(38)22-12-14-25(32)15-13-22)27-28(35-39-30(27)34-26)24-11-10-21-7-4-5-8-23(21)20-24/h4-5,7-8,10-15,20H,2-3,6,9,16-19H2,1H3. The van der Waals surface area contributed by atoms with Crippen molar-refractivity contribution in [1.82, 2.24) is 20.0 Å². The lowest BCUT2D eigenvalue weighted by Gasteiger charge is -2.24. The Kier molecular flexibility index (Phi) is 7.16. The van der Waals surface area contributed by atoms with E-state index in [1.807, 2.05) is 17.0 Å². The molecule has 3 aromatic carbocycles. The Balaban J connectivity index is 1.36. The highest BCUT2D eigenvalue weighted by Crippen LogP contribution is 2.35. The summed E-state index contributed by atoms with van der Waals surface area (Å²) < 4.78 is 5.82. The summed E-state index contributed by atoms with van der Waals surface area (Å²) in [5.41, 5.74) is 2.86. The molecule has 0 spiro atoms. The van der Waals surface area contributed by atoms with Crippen LogP contribution in [0.4, 0.5) is 5.82 Å². The van der Waals surface area contributed by atoms with Crippen LogP contribution in [0.3, 0.4) is 0 Å². The summed E-state index contributed by atoms with van der Waals surface area (Å²) in [6.07, 6.45) is 3.66. The second-order valence-electron chi connectivity index (χ2n) is 9.98. The van der Waals surface area contributed by atoms with Gasteiger partial charge in [-0.05, 0) is 53.9 Å². The van der Waals surface area contributed by atoms with E-state index in [9.17, 15) is 4.79 Å². The van der Waals surface area contributed by atoms with Crippen molar-refractivity contribution in [3.05, 3.63) is 83.1 Å². The predicted octanol–water partition coefficient (Wildman–Crippen LogP) is 6.79. The first-order chi connectivity index (χ1) is 19.1. The van der Waals surface area contributed by atoms with Crippen LogP contribution in [0.2, 0.25) is 5.02 Å². The summed E-state index contributed by atoms with van der Waals surface area (Å²) >= 11 is 6.03. The Morgan fingerprint density at radius 1 is 0.949 bits per heavy atom. The van der Waals surface area contributed by atoms with E-state index in [0.29, 0.717) is 35.9 Å². The van der Waals surface area contributed by atoms with E-state index in [2.05, 4.69) is 47.3 Å². The second kappa shape index (κ2) is 11.0. The van der Waals surface area contributed by atoms with Crippen LogP contribution < -0.4 is 4.90 Å². The van der Waals surface area contributed by atoms with E-state index in [0.717, 1.165) is 65.9 Å². The molecule has 1 fully saturated rings. The van der Waals surface area contributed by atoms with Gasteiger partial charge in [-0.25, -0.2) is 4.98 Å². The number of aryl methyl sites for hydroxylation is 1. The van der Waals surface area contributed by atoms with Gasteiger partial charge in [0.05, 0.1) is 0 Å². The number of carbonyl (C=O) groups is 1. The zero-order valence-corrected chi connectivity index (χ0v) is 22.7. The molecule has 0 saturated carbocycles. The van der Waals surface area contributed by atoms with Gasteiger partial charge in [0.15, 0.2) is 0 Å². The van der Waals surface area contributed by atoms with Crippen LogP contribution >= 0.6 is 11.6 Å². The molecule has 7 nitrogen and oxygen atoms in total. The lowest BCUT2D eigenvalue weighted by Crippen LogP contribution is -2.35. The molecule has 0 atom stereocenters. The lowest BCUT2D eigenvalue weighted by atomic mass is 10.0. The minimum absolute atomic E-state index is 0.0202. The van der Waals surface area contributed by atoms with E-state index >= 15 is 0 Å².